The number of ether oxygens (including phenoxy) is 2. The molecule has 2 rings (SSSR count). The predicted molar refractivity (Wildman–Crippen MR) is 95.4 cm³/mol. The fraction of sp³-hybridized carbons (Fsp3) is 1.00. The van der Waals surface area contributed by atoms with Crippen LogP contribution >= 0.6 is 0 Å². The lowest BCUT2D eigenvalue weighted by Crippen LogP contribution is -2.37. The summed E-state index contributed by atoms with van der Waals surface area (Å²) in [6.07, 6.45) is 9.21. The van der Waals surface area contributed by atoms with Crippen LogP contribution in [0.2, 0.25) is 0 Å². The second kappa shape index (κ2) is 9.51. The minimum atomic E-state index is -0.936. The van der Waals surface area contributed by atoms with Crippen LogP contribution in [-0.4, -0.2) is 35.0 Å². The van der Waals surface area contributed by atoms with Crippen LogP contribution in [-0.2, 0) is 9.47 Å². The third-order valence-electron chi connectivity index (χ3n) is 6.62. The Kier molecular flexibility index (Phi) is 7.99. The summed E-state index contributed by atoms with van der Waals surface area (Å²) in [4.78, 5) is 0. The molecule has 0 aromatic carbocycles. The Morgan fingerprint density at radius 1 is 1.00 bits per heavy atom. The van der Waals surface area contributed by atoms with E-state index in [1.807, 2.05) is 0 Å². The third kappa shape index (κ3) is 5.42. The molecule has 2 N–H and O–H groups in total. The first kappa shape index (κ1) is 20.2. The molecule has 4 nitrogen and oxygen atoms in total. The van der Waals surface area contributed by atoms with Crippen molar-refractivity contribution in [2.24, 2.45) is 17.8 Å². The molecular formula is C20H38O4. The summed E-state index contributed by atoms with van der Waals surface area (Å²) in [5.41, 5.74) is -0.178. The molecule has 2 fully saturated rings. The molecule has 24 heavy (non-hydrogen) atoms. The summed E-state index contributed by atoms with van der Waals surface area (Å²) >= 11 is 0. The zero-order valence-electron chi connectivity index (χ0n) is 15.9. The first-order valence-corrected chi connectivity index (χ1v) is 10.1. The van der Waals surface area contributed by atoms with E-state index in [-0.39, 0.29) is 18.1 Å². The van der Waals surface area contributed by atoms with Gasteiger partial charge in [-0.2, -0.15) is 0 Å². The van der Waals surface area contributed by atoms with Crippen molar-refractivity contribution in [1.29, 1.82) is 0 Å². The van der Waals surface area contributed by atoms with Gasteiger partial charge in [0.15, 0.2) is 12.6 Å². The molecule has 142 valence electrons. The Labute approximate surface area is 147 Å². The fourth-order valence-electron chi connectivity index (χ4n) is 4.55. The van der Waals surface area contributed by atoms with Gasteiger partial charge in [-0.15, -0.1) is 0 Å². The van der Waals surface area contributed by atoms with E-state index in [0.717, 1.165) is 43.9 Å². The number of aliphatic hydroxyl groups is 2. The maximum atomic E-state index is 10.3. The smallest absolute Gasteiger partial charge is 0.178 e. The third-order valence-corrected chi connectivity index (χ3v) is 6.62. The van der Waals surface area contributed by atoms with Gasteiger partial charge < -0.3 is 19.7 Å². The second-order valence-electron chi connectivity index (χ2n) is 8.10. The van der Waals surface area contributed by atoms with Crippen molar-refractivity contribution in [1.82, 2.24) is 0 Å². The molecule has 4 heteroatoms. The van der Waals surface area contributed by atoms with Crippen molar-refractivity contribution in [3.8, 4) is 0 Å². The lowest BCUT2D eigenvalue weighted by atomic mass is 9.75. The van der Waals surface area contributed by atoms with Crippen LogP contribution in [0.15, 0.2) is 0 Å². The van der Waals surface area contributed by atoms with E-state index in [1.54, 1.807) is 0 Å². The van der Waals surface area contributed by atoms with Crippen LogP contribution in [0.3, 0.4) is 0 Å². The van der Waals surface area contributed by atoms with Gasteiger partial charge in [0.05, 0.1) is 5.60 Å². The molecule has 0 bridgehead atoms. The van der Waals surface area contributed by atoms with Crippen LogP contribution in [0, 0.1) is 17.8 Å². The van der Waals surface area contributed by atoms with Crippen molar-refractivity contribution in [2.75, 3.05) is 6.61 Å². The quantitative estimate of drug-likeness (QED) is 0.616. The average Bonchev–Trinajstić information content (AvgIpc) is 3.08. The Morgan fingerprint density at radius 2 is 1.58 bits per heavy atom. The van der Waals surface area contributed by atoms with Crippen molar-refractivity contribution in [3.63, 3.8) is 0 Å². The molecule has 0 radical (unpaired) electrons. The van der Waals surface area contributed by atoms with Crippen LogP contribution in [0.5, 0.6) is 0 Å². The van der Waals surface area contributed by atoms with Crippen LogP contribution in [0.4, 0.5) is 0 Å². The van der Waals surface area contributed by atoms with E-state index >= 15 is 0 Å². The zero-order valence-corrected chi connectivity index (χ0v) is 15.9. The average molecular weight is 343 g/mol. The molecule has 0 aliphatic heterocycles. The largest absolute Gasteiger partial charge is 0.368 e. The summed E-state index contributed by atoms with van der Waals surface area (Å²) in [7, 11) is 0. The maximum Gasteiger partial charge on any atom is 0.178 e. The highest BCUT2D eigenvalue weighted by atomic mass is 16.7. The highest BCUT2D eigenvalue weighted by Crippen LogP contribution is 2.38. The molecule has 0 heterocycles. The Balaban J connectivity index is 1.68. The molecular weight excluding hydrogens is 304 g/mol. The Hall–Kier alpha value is -0.160. The molecule has 0 aromatic heterocycles. The Morgan fingerprint density at radius 3 is 2.12 bits per heavy atom. The molecule has 2 aliphatic rings. The van der Waals surface area contributed by atoms with Gasteiger partial charge in [0.2, 0.25) is 0 Å². The summed E-state index contributed by atoms with van der Waals surface area (Å²) in [6.45, 7) is 6.76. The van der Waals surface area contributed by atoms with E-state index in [4.69, 9.17) is 9.47 Å². The van der Waals surface area contributed by atoms with Gasteiger partial charge in [-0.3, -0.25) is 0 Å². The van der Waals surface area contributed by atoms with Crippen molar-refractivity contribution in [3.05, 3.63) is 0 Å². The minimum Gasteiger partial charge on any atom is -0.368 e. The molecule has 0 aromatic rings. The normalized spacial score (nSPS) is 30.9. The topological polar surface area (TPSA) is 58.9 Å². The van der Waals surface area contributed by atoms with E-state index < -0.39 is 12.6 Å². The Bertz CT molecular complexity index is 346. The minimum absolute atomic E-state index is 0.0637. The number of hydrogen-bond acceptors (Lipinski definition) is 4. The SMILES string of the molecule is CCC(C)C1CCC(C(O)OCC(O)OC2(CC)CCCC2)CC1. The van der Waals surface area contributed by atoms with Crippen LogP contribution in [0.1, 0.15) is 85.0 Å². The lowest BCUT2D eigenvalue weighted by Gasteiger charge is -2.35. The van der Waals surface area contributed by atoms with E-state index in [9.17, 15) is 10.2 Å². The fourth-order valence-corrected chi connectivity index (χ4v) is 4.55. The summed E-state index contributed by atoms with van der Waals surface area (Å²) in [5, 5.41) is 20.4. The van der Waals surface area contributed by atoms with Gasteiger partial charge in [-0.05, 0) is 56.8 Å². The van der Waals surface area contributed by atoms with Gasteiger partial charge in [0.25, 0.3) is 0 Å². The first-order chi connectivity index (χ1) is 11.5. The summed E-state index contributed by atoms with van der Waals surface area (Å²) in [5.74, 6) is 1.76. The first-order valence-electron chi connectivity index (χ1n) is 10.1. The van der Waals surface area contributed by atoms with Crippen molar-refractivity contribution < 1.29 is 19.7 Å². The van der Waals surface area contributed by atoms with Crippen LogP contribution < -0.4 is 0 Å². The standard InChI is InChI=1S/C20H38O4/c1-4-15(3)16-8-10-17(11-9-16)19(22)23-14-18(21)24-20(5-2)12-6-7-13-20/h15-19,21-22H,4-14H2,1-3H3. The van der Waals surface area contributed by atoms with Gasteiger partial charge in [0, 0.05) is 5.92 Å². The second-order valence-corrected chi connectivity index (χ2v) is 8.10. The van der Waals surface area contributed by atoms with E-state index in [0.29, 0.717) is 0 Å². The molecule has 2 saturated carbocycles. The molecule has 0 saturated heterocycles. The summed E-state index contributed by atoms with van der Waals surface area (Å²) in [6, 6.07) is 0. The number of hydrogen-bond donors (Lipinski definition) is 2. The van der Waals surface area contributed by atoms with Gasteiger partial charge in [-0.1, -0.05) is 40.0 Å². The van der Waals surface area contributed by atoms with Gasteiger partial charge in [0.1, 0.15) is 6.61 Å². The maximum absolute atomic E-state index is 10.3. The monoisotopic (exact) mass is 342 g/mol. The molecule has 2 aliphatic carbocycles. The number of aliphatic hydroxyl groups excluding tert-OH is 2. The van der Waals surface area contributed by atoms with E-state index in [1.165, 1.54) is 32.1 Å². The lowest BCUT2D eigenvalue weighted by molar-refractivity contribution is -0.239. The summed E-state index contributed by atoms with van der Waals surface area (Å²) < 4.78 is 11.4. The van der Waals surface area contributed by atoms with Crippen molar-refractivity contribution >= 4 is 0 Å². The van der Waals surface area contributed by atoms with Gasteiger partial charge >= 0.3 is 0 Å². The zero-order chi connectivity index (χ0) is 17.6. The predicted octanol–water partition coefficient (Wildman–Crippen LogP) is 4.23. The van der Waals surface area contributed by atoms with Crippen molar-refractivity contribution in [2.45, 2.75) is 103 Å². The molecule has 3 atom stereocenters. The molecule has 0 amide bonds. The van der Waals surface area contributed by atoms with Crippen LogP contribution in [0.25, 0.3) is 0 Å². The molecule has 3 unspecified atom stereocenters. The highest BCUT2D eigenvalue weighted by molar-refractivity contribution is 4.85. The number of rotatable bonds is 9. The van der Waals surface area contributed by atoms with Gasteiger partial charge in [-0.25, -0.2) is 0 Å². The molecule has 0 spiro atoms. The van der Waals surface area contributed by atoms with E-state index in [2.05, 4.69) is 20.8 Å². The highest BCUT2D eigenvalue weighted by Gasteiger charge is 2.35.